The summed E-state index contributed by atoms with van der Waals surface area (Å²) in [6, 6.07) is 23.2. The second kappa shape index (κ2) is 12.7. The standard InChI is InChI=1S/C33H24BrCl2N3O5/c1-3-42-29-14-19(13-24(34)31(29)43-18-20-11-12-21(35)15-25(20)36)17-37-39-32(38-26-8-5-4-7-22(26)33(39)40)30-16-23-27(41-2)9-6-10-28(23)44-30/h4-17H,3,18H2,1-2H3. The third kappa shape index (κ3) is 5.91. The van der Waals surface area contributed by atoms with Crippen LogP contribution in [0, 0.1) is 0 Å². The molecular formula is C33H24BrCl2N3O5. The van der Waals surface area contributed by atoms with Crippen molar-refractivity contribution in [2.45, 2.75) is 13.5 Å². The van der Waals surface area contributed by atoms with Crippen molar-refractivity contribution in [1.29, 1.82) is 0 Å². The number of hydrogen-bond donors (Lipinski definition) is 0. The van der Waals surface area contributed by atoms with Crippen molar-refractivity contribution in [2.24, 2.45) is 5.10 Å². The van der Waals surface area contributed by atoms with Crippen LogP contribution in [0.25, 0.3) is 33.5 Å². The minimum absolute atomic E-state index is 0.200. The van der Waals surface area contributed by atoms with Crippen LogP contribution in [0.1, 0.15) is 18.1 Å². The molecule has 0 amide bonds. The number of hydrogen-bond acceptors (Lipinski definition) is 7. The van der Waals surface area contributed by atoms with Crippen LogP contribution in [0.2, 0.25) is 10.0 Å². The Morgan fingerprint density at radius 3 is 2.61 bits per heavy atom. The number of methoxy groups -OCH3 is 1. The molecule has 8 nitrogen and oxygen atoms in total. The van der Waals surface area contributed by atoms with E-state index in [2.05, 4.69) is 21.0 Å². The molecule has 4 aromatic carbocycles. The lowest BCUT2D eigenvalue weighted by Crippen LogP contribution is -2.20. The van der Waals surface area contributed by atoms with Crippen molar-refractivity contribution < 1.29 is 18.6 Å². The summed E-state index contributed by atoms with van der Waals surface area (Å²) in [6.45, 7) is 2.48. The summed E-state index contributed by atoms with van der Waals surface area (Å²) in [5.41, 5.74) is 2.19. The van der Waals surface area contributed by atoms with Gasteiger partial charge in [0, 0.05) is 15.6 Å². The quantitative estimate of drug-likeness (QED) is 0.141. The summed E-state index contributed by atoms with van der Waals surface area (Å²) in [6.07, 6.45) is 1.55. The van der Waals surface area contributed by atoms with E-state index in [1.807, 2.05) is 43.3 Å². The van der Waals surface area contributed by atoms with Gasteiger partial charge in [0.25, 0.3) is 5.56 Å². The zero-order chi connectivity index (χ0) is 30.8. The Labute approximate surface area is 270 Å². The van der Waals surface area contributed by atoms with Gasteiger partial charge in [-0.25, -0.2) is 4.98 Å². The first-order valence-corrected chi connectivity index (χ1v) is 15.1. The van der Waals surface area contributed by atoms with E-state index in [4.69, 9.17) is 46.8 Å². The highest BCUT2D eigenvalue weighted by molar-refractivity contribution is 9.10. The van der Waals surface area contributed by atoms with Crippen LogP contribution in [0.3, 0.4) is 0 Å². The molecule has 11 heteroatoms. The van der Waals surface area contributed by atoms with Gasteiger partial charge in [-0.15, -0.1) is 0 Å². The van der Waals surface area contributed by atoms with Crippen molar-refractivity contribution in [1.82, 2.24) is 9.66 Å². The maximum atomic E-state index is 13.7. The minimum atomic E-state index is -0.349. The maximum absolute atomic E-state index is 13.7. The Morgan fingerprint density at radius 1 is 0.977 bits per heavy atom. The molecule has 0 aliphatic rings. The fourth-order valence-corrected chi connectivity index (χ4v) is 5.73. The number of aromatic nitrogens is 2. The Hall–Kier alpha value is -4.31. The highest BCUT2D eigenvalue weighted by Gasteiger charge is 2.18. The lowest BCUT2D eigenvalue weighted by Gasteiger charge is -2.15. The second-order valence-electron chi connectivity index (χ2n) is 9.58. The molecule has 0 spiro atoms. The zero-order valence-corrected chi connectivity index (χ0v) is 26.6. The zero-order valence-electron chi connectivity index (χ0n) is 23.5. The molecule has 44 heavy (non-hydrogen) atoms. The fraction of sp³-hybridized carbons (Fsp3) is 0.121. The Kier molecular flexibility index (Phi) is 8.61. The summed E-state index contributed by atoms with van der Waals surface area (Å²) in [4.78, 5) is 18.5. The number of para-hydroxylation sites is 1. The highest BCUT2D eigenvalue weighted by atomic mass is 79.9. The van der Waals surface area contributed by atoms with Crippen LogP contribution >= 0.6 is 39.1 Å². The number of nitrogens with zero attached hydrogens (tertiary/aromatic N) is 3. The van der Waals surface area contributed by atoms with E-state index in [9.17, 15) is 4.79 Å². The molecule has 6 rings (SSSR count). The monoisotopic (exact) mass is 691 g/mol. The molecule has 0 aliphatic heterocycles. The molecule has 0 N–H and O–H groups in total. The predicted octanol–water partition coefficient (Wildman–Crippen LogP) is 8.75. The average Bonchev–Trinajstić information content (AvgIpc) is 3.46. The van der Waals surface area contributed by atoms with Gasteiger partial charge in [-0.2, -0.15) is 9.78 Å². The van der Waals surface area contributed by atoms with E-state index in [1.165, 1.54) is 4.68 Å². The number of fused-ring (bicyclic) bond motifs is 2. The number of ether oxygens (including phenoxy) is 3. The van der Waals surface area contributed by atoms with Crippen LogP contribution < -0.4 is 19.8 Å². The van der Waals surface area contributed by atoms with Crippen LogP contribution in [-0.2, 0) is 6.61 Å². The molecule has 0 aliphatic carbocycles. The van der Waals surface area contributed by atoms with Crippen molar-refractivity contribution in [2.75, 3.05) is 13.7 Å². The SMILES string of the molecule is CCOc1cc(C=Nn2c(-c3cc4c(OC)cccc4o3)nc3ccccc3c2=O)cc(Br)c1OCc1ccc(Cl)cc1Cl. The summed E-state index contributed by atoms with van der Waals surface area (Å²) in [5.74, 6) is 2.24. The van der Waals surface area contributed by atoms with Crippen LogP contribution in [0.15, 0.2) is 97.6 Å². The summed E-state index contributed by atoms with van der Waals surface area (Å²) in [7, 11) is 1.59. The molecule has 0 fully saturated rings. The van der Waals surface area contributed by atoms with Gasteiger partial charge in [0.15, 0.2) is 17.3 Å². The number of benzene rings is 4. The van der Waals surface area contributed by atoms with Gasteiger partial charge in [-0.1, -0.05) is 47.5 Å². The van der Waals surface area contributed by atoms with Gasteiger partial charge in [0.05, 0.1) is 40.7 Å². The van der Waals surface area contributed by atoms with Crippen LogP contribution in [0.4, 0.5) is 0 Å². The smallest absolute Gasteiger partial charge is 0.282 e. The van der Waals surface area contributed by atoms with Gasteiger partial charge in [0.2, 0.25) is 5.82 Å². The van der Waals surface area contributed by atoms with E-state index in [0.717, 1.165) is 10.9 Å². The van der Waals surface area contributed by atoms with Crippen molar-refractivity contribution >= 4 is 67.2 Å². The van der Waals surface area contributed by atoms with Gasteiger partial charge >= 0.3 is 0 Å². The molecule has 2 aromatic heterocycles. The Bertz CT molecular complexity index is 2110. The normalized spacial score (nSPS) is 11.5. The van der Waals surface area contributed by atoms with Crippen molar-refractivity contribution in [3.05, 3.63) is 115 Å². The largest absolute Gasteiger partial charge is 0.496 e. The third-order valence-electron chi connectivity index (χ3n) is 6.76. The van der Waals surface area contributed by atoms with Crippen molar-refractivity contribution in [3.8, 4) is 28.8 Å². The molecule has 0 atom stereocenters. The molecule has 0 saturated heterocycles. The predicted molar refractivity (Wildman–Crippen MR) is 177 cm³/mol. The molecule has 0 radical (unpaired) electrons. The topological polar surface area (TPSA) is 88.1 Å². The molecule has 2 heterocycles. The van der Waals surface area contributed by atoms with Gasteiger partial charge in [-0.05, 0) is 83.0 Å². The summed E-state index contributed by atoms with van der Waals surface area (Å²) < 4.78 is 25.5. The molecule has 6 aromatic rings. The molecular weight excluding hydrogens is 669 g/mol. The first-order valence-electron chi connectivity index (χ1n) is 13.5. The lowest BCUT2D eigenvalue weighted by molar-refractivity contribution is 0.267. The van der Waals surface area contributed by atoms with E-state index in [1.54, 1.807) is 55.8 Å². The van der Waals surface area contributed by atoms with Gasteiger partial charge in [0.1, 0.15) is 17.9 Å². The first-order chi connectivity index (χ1) is 21.4. The van der Waals surface area contributed by atoms with E-state index in [0.29, 0.717) is 66.2 Å². The fourth-order valence-electron chi connectivity index (χ4n) is 4.69. The van der Waals surface area contributed by atoms with E-state index >= 15 is 0 Å². The number of rotatable bonds is 9. The molecule has 222 valence electrons. The minimum Gasteiger partial charge on any atom is -0.496 e. The highest BCUT2D eigenvalue weighted by Crippen LogP contribution is 2.38. The second-order valence-corrected chi connectivity index (χ2v) is 11.3. The van der Waals surface area contributed by atoms with Gasteiger partial charge in [-0.3, -0.25) is 4.79 Å². The summed E-state index contributed by atoms with van der Waals surface area (Å²) in [5, 5.41) is 6.80. The Morgan fingerprint density at radius 2 is 1.82 bits per heavy atom. The van der Waals surface area contributed by atoms with Crippen LogP contribution in [-0.4, -0.2) is 29.6 Å². The van der Waals surface area contributed by atoms with E-state index < -0.39 is 0 Å². The van der Waals surface area contributed by atoms with Crippen LogP contribution in [0.5, 0.6) is 17.2 Å². The van der Waals surface area contributed by atoms with Gasteiger partial charge < -0.3 is 18.6 Å². The van der Waals surface area contributed by atoms with Crippen molar-refractivity contribution in [3.63, 3.8) is 0 Å². The molecule has 0 saturated carbocycles. The third-order valence-corrected chi connectivity index (χ3v) is 7.93. The molecule has 0 unspecified atom stereocenters. The number of furan rings is 1. The lowest BCUT2D eigenvalue weighted by atomic mass is 10.2. The van der Waals surface area contributed by atoms with E-state index in [-0.39, 0.29) is 18.0 Å². The Balaban J connectivity index is 1.41. The molecule has 0 bridgehead atoms. The summed E-state index contributed by atoms with van der Waals surface area (Å²) >= 11 is 16.0. The number of halogens is 3. The first kappa shape index (κ1) is 29.7. The average molecular weight is 693 g/mol. The maximum Gasteiger partial charge on any atom is 0.282 e.